The Kier molecular flexibility index (Phi) is 5.45. The minimum absolute atomic E-state index is 0.273. The Morgan fingerprint density at radius 1 is 1.22 bits per heavy atom. The molecular weight excluding hydrogens is 228 g/mol. The smallest absolute Gasteiger partial charge is 0.304 e. The maximum absolute atomic E-state index is 10.6. The van der Waals surface area contributed by atoms with Crippen molar-refractivity contribution in [3.63, 3.8) is 0 Å². The second-order valence-corrected chi connectivity index (χ2v) is 5.84. The first kappa shape index (κ1) is 13.8. The van der Waals surface area contributed by atoms with Gasteiger partial charge in [-0.25, -0.2) is 0 Å². The van der Waals surface area contributed by atoms with Crippen molar-refractivity contribution in [2.75, 3.05) is 26.2 Å². The molecule has 0 spiro atoms. The molecule has 1 aliphatic carbocycles. The van der Waals surface area contributed by atoms with Gasteiger partial charge in [0.1, 0.15) is 0 Å². The van der Waals surface area contributed by atoms with Crippen LogP contribution in [0.3, 0.4) is 0 Å². The minimum Gasteiger partial charge on any atom is -0.481 e. The van der Waals surface area contributed by atoms with Crippen LogP contribution >= 0.6 is 0 Å². The van der Waals surface area contributed by atoms with Crippen LogP contribution in [0, 0.1) is 5.92 Å². The Bertz CT molecular complexity index is 265. The van der Waals surface area contributed by atoms with Gasteiger partial charge in [-0.1, -0.05) is 12.8 Å². The minimum atomic E-state index is -0.684. The van der Waals surface area contributed by atoms with E-state index in [1.54, 1.807) is 0 Å². The Balaban J connectivity index is 1.64. The van der Waals surface area contributed by atoms with E-state index >= 15 is 0 Å². The lowest BCUT2D eigenvalue weighted by molar-refractivity contribution is -0.137. The summed E-state index contributed by atoms with van der Waals surface area (Å²) >= 11 is 0. The van der Waals surface area contributed by atoms with Crippen LogP contribution in [-0.2, 0) is 4.79 Å². The van der Waals surface area contributed by atoms with Crippen LogP contribution in [0.25, 0.3) is 0 Å². The molecule has 104 valence electrons. The lowest BCUT2D eigenvalue weighted by Gasteiger charge is -2.33. The molecule has 0 aromatic rings. The third-order valence-corrected chi connectivity index (χ3v) is 4.32. The predicted molar refractivity (Wildman–Crippen MR) is 71.7 cm³/mol. The maximum Gasteiger partial charge on any atom is 0.304 e. The number of hydrogen-bond donors (Lipinski definition) is 2. The first-order chi connectivity index (χ1) is 8.74. The van der Waals surface area contributed by atoms with Gasteiger partial charge in [-0.3, -0.25) is 4.79 Å². The molecular formula is C14H26N2O2. The number of rotatable bonds is 6. The molecule has 1 saturated heterocycles. The fourth-order valence-electron chi connectivity index (χ4n) is 3.23. The molecule has 0 aromatic heterocycles. The lowest BCUT2D eigenvalue weighted by Crippen LogP contribution is -2.47. The molecule has 2 aliphatic rings. The molecule has 2 rings (SSSR count). The van der Waals surface area contributed by atoms with E-state index < -0.39 is 5.97 Å². The van der Waals surface area contributed by atoms with Gasteiger partial charge < -0.3 is 15.3 Å². The third-order valence-electron chi connectivity index (χ3n) is 4.32. The van der Waals surface area contributed by atoms with Crippen LogP contribution in [0.4, 0.5) is 0 Å². The molecule has 2 N–H and O–H groups in total. The highest BCUT2D eigenvalue weighted by atomic mass is 16.4. The summed E-state index contributed by atoms with van der Waals surface area (Å²) in [6.45, 7) is 3.96. The summed E-state index contributed by atoms with van der Waals surface area (Å²) in [5.74, 6) is 0.204. The van der Waals surface area contributed by atoms with Gasteiger partial charge in [0, 0.05) is 19.1 Å². The van der Waals surface area contributed by atoms with Crippen LogP contribution in [0.1, 0.15) is 44.9 Å². The average Bonchev–Trinajstić information content (AvgIpc) is 2.87. The van der Waals surface area contributed by atoms with Crippen LogP contribution in [0.15, 0.2) is 0 Å². The van der Waals surface area contributed by atoms with E-state index in [-0.39, 0.29) is 6.42 Å². The van der Waals surface area contributed by atoms with E-state index in [0.29, 0.717) is 12.6 Å². The molecule has 4 nitrogen and oxygen atoms in total. The zero-order chi connectivity index (χ0) is 12.8. The predicted octanol–water partition coefficient (Wildman–Crippen LogP) is 1.71. The van der Waals surface area contributed by atoms with Gasteiger partial charge in [0.05, 0.1) is 6.42 Å². The number of carboxylic acids is 1. The normalized spacial score (nSPS) is 26.6. The zero-order valence-electron chi connectivity index (χ0n) is 11.2. The first-order valence-corrected chi connectivity index (χ1v) is 7.41. The second-order valence-electron chi connectivity index (χ2n) is 5.84. The number of carboxylic acid groups (broad SMARTS) is 1. The standard InChI is InChI=1S/C14H26N2O2/c17-14(18)7-9-16-8-3-6-13(11-16)15-10-12-4-1-2-5-12/h12-13,15H,1-11H2,(H,17,18). The van der Waals surface area contributed by atoms with Gasteiger partial charge in [-0.2, -0.15) is 0 Å². The van der Waals surface area contributed by atoms with Crippen molar-refractivity contribution in [2.45, 2.75) is 51.0 Å². The summed E-state index contributed by atoms with van der Waals surface area (Å²) in [5.41, 5.74) is 0. The Morgan fingerprint density at radius 3 is 2.72 bits per heavy atom. The van der Waals surface area contributed by atoms with Gasteiger partial charge >= 0.3 is 5.97 Å². The number of piperidine rings is 1. The molecule has 0 aromatic carbocycles. The summed E-state index contributed by atoms with van der Waals surface area (Å²) < 4.78 is 0. The van der Waals surface area contributed by atoms with Gasteiger partial charge in [-0.05, 0) is 44.7 Å². The van der Waals surface area contributed by atoms with Crippen molar-refractivity contribution >= 4 is 5.97 Å². The monoisotopic (exact) mass is 254 g/mol. The molecule has 0 radical (unpaired) electrons. The van der Waals surface area contributed by atoms with Crippen molar-refractivity contribution in [3.05, 3.63) is 0 Å². The lowest BCUT2D eigenvalue weighted by atomic mass is 10.0. The van der Waals surface area contributed by atoms with Crippen LogP contribution in [0.2, 0.25) is 0 Å². The molecule has 0 bridgehead atoms. The molecule has 0 amide bonds. The van der Waals surface area contributed by atoms with Crippen molar-refractivity contribution in [1.29, 1.82) is 0 Å². The van der Waals surface area contributed by atoms with Crippen molar-refractivity contribution in [2.24, 2.45) is 5.92 Å². The molecule has 1 unspecified atom stereocenters. The fraction of sp³-hybridized carbons (Fsp3) is 0.929. The Hall–Kier alpha value is -0.610. The molecule has 2 fully saturated rings. The first-order valence-electron chi connectivity index (χ1n) is 7.41. The van der Waals surface area contributed by atoms with Crippen LogP contribution in [-0.4, -0.2) is 48.2 Å². The summed E-state index contributed by atoms with van der Waals surface area (Å²) in [6, 6.07) is 0.577. The quantitative estimate of drug-likeness (QED) is 0.757. The van der Waals surface area contributed by atoms with Gasteiger partial charge in [0.15, 0.2) is 0 Å². The number of hydrogen-bond acceptors (Lipinski definition) is 3. The third kappa shape index (κ3) is 4.58. The summed E-state index contributed by atoms with van der Waals surface area (Å²) in [6.07, 6.45) is 8.31. The molecule has 1 heterocycles. The summed E-state index contributed by atoms with van der Waals surface area (Å²) in [7, 11) is 0. The Morgan fingerprint density at radius 2 is 2.00 bits per heavy atom. The number of likely N-dealkylation sites (tertiary alicyclic amines) is 1. The van der Waals surface area contributed by atoms with E-state index in [9.17, 15) is 4.79 Å². The Labute approximate surface area is 110 Å². The van der Waals surface area contributed by atoms with Gasteiger partial charge in [0.25, 0.3) is 0 Å². The SMILES string of the molecule is O=C(O)CCN1CCCC(NCC2CCCC2)C1. The topological polar surface area (TPSA) is 52.6 Å². The fourth-order valence-corrected chi connectivity index (χ4v) is 3.23. The van der Waals surface area contributed by atoms with Crippen molar-refractivity contribution in [1.82, 2.24) is 10.2 Å². The molecule has 4 heteroatoms. The van der Waals surface area contributed by atoms with Crippen LogP contribution in [0.5, 0.6) is 0 Å². The maximum atomic E-state index is 10.6. The molecule has 1 saturated carbocycles. The highest BCUT2D eigenvalue weighted by molar-refractivity contribution is 5.66. The largest absolute Gasteiger partial charge is 0.481 e. The van der Waals surface area contributed by atoms with E-state index in [1.165, 1.54) is 38.5 Å². The van der Waals surface area contributed by atoms with Crippen molar-refractivity contribution < 1.29 is 9.90 Å². The number of nitrogens with zero attached hydrogens (tertiary/aromatic N) is 1. The highest BCUT2D eigenvalue weighted by Gasteiger charge is 2.21. The molecule has 18 heavy (non-hydrogen) atoms. The molecule has 1 atom stereocenters. The number of carbonyl (C=O) groups is 1. The van der Waals surface area contributed by atoms with Gasteiger partial charge in [0.2, 0.25) is 0 Å². The molecule has 1 aliphatic heterocycles. The van der Waals surface area contributed by atoms with Crippen molar-refractivity contribution in [3.8, 4) is 0 Å². The van der Waals surface area contributed by atoms with E-state index in [2.05, 4.69) is 10.2 Å². The van der Waals surface area contributed by atoms with E-state index in [4.69, 9.17) is 5.11 Å². The second kappa shape index (κ2) is 7.10. The number of nitrogens with one attached hydrogen (secondary N) is 1. The highest BCUT2D eigenvalue weighted by Crippen LogP contribution is 2.24. The van der Waals surface area contributed by atoms with Gasteiger partial charge in [-0.15, -0.1) is 0 Å². The van der Waals surface area contributed by atoms with E-state index in [1.807, 2.05) is 0 Å². The average molecular weight is 254 g/mol. The summed E-state index contributed by atoms with van der Waals surface area (Å²) in [4.78, 5) is 12.9. The summed E-state index contributed by atoms with van der Waals surface area (Å²) in [5, 5.41) is 12.4. The van der Waals surface area contributed by atoms with E-state index in [0.717, 1.165) is 25.6 Å². The zero-order valence-corrected chi connectivity index (χ0v) is 11.2. The van der Waals surface area contributed by atoms with Crippen LogP contribution < -0.4 is 5.32 Å². The number of aliphatic carboxylic acids is 1.